The molecule has 1 aromatic carbocycles. The highest BCUT2D eigenvalue weighted by Gasteiger charge is 2.15. The maximum atomic E-state index is 12.4. The van der Waals surface area contributed by atoms with E-state index in [1.807, 2.05) is 37.3 Å². The van der Waals surface area contributed by atoms with Crippen molar-refractivity contribution in [1.29, 1.82) is 0 Å². The summed E-state index contributed by atoms with van der Waals surface area (Å²) in [7, 11) is 0. The van der Waals surface area contributed by atoms with Gasteiger partial charge in [-0.25, -0.2) is 4.98 Å². The van der Waals surface area contributed by atoms with Crippen molar-refractivity contribution in [2.24, 2.45) is 0 Å². The first-order chi connectivity index (χ1) is 12.6. The SMILES string of the molecule is Cc1nc(COc2cccnc2)sc1C(=O)NCCc1cccc(Cl)c1. The van der Waals surface area contributed by atoms with Crippen molar-refractivity contribution in [2.75, 3.05) is 6.54 Å². The summed E-state index contributed by atoms with van der Waals surface area (Å²) in [5, 5.41) is 4.39. The Hall–Kier alpha value is -2.44. The molecule has 1 N–H and O–H groups in total. The molecule has 2 aromatic heterocycles. The molecule has 1 amide bonds. The van der Waals surface area contributed by atoms with Gasteiger partial charge in [0.25, 0.3) is 5.91 Å². The third-order valence-electron chi connectivity index (χ3n) is 3.63. The average Bonchev–Trinajstić information content (AvgIpc) is 3.02. The molecule has 0 atom stereocenters. The minimum Gasteiger partial charge on any atom is -0.485 e. The second-order valence-corrected chi connectivity index (χ2v) is 7.16. The van der Waals surface area contributed by atoms with Gasteiger partial charge < -0.3 is 10.1 Å². The van der Waals surface area contributed by atoms with Crippen molar-refractivity contribution in [1.82, 2.24) is 15.3 Å². The van der Waals surface area contributed by atoms with E-state index < -0.39 is 0 Å². The Labute approximate surface area is 161 Å². The molecule has 0 aliphatic carbocycles. The molecule has 0 fully saturated rings. The molecule has 5 nitrogen and oxygen atoms in total. The van der Waals surface area contributed by atoms with Crippen LogP contribution in [-0.2, 0) is 13.0 Å². The zero-order chi connectivity index (χ0) is 18.4. The average molecular weight is 388 g/mol. The predicted octanol–water partition coefficient (Wildman–Crippen LogP) is 4.05. The molecule has 134 valence electrons. The van der Waals surface area contributed by atoms with Crippen LogP contribution in [0.3, 0.4) is 0 Å². The first kappa shape index (κ1) is 18.4. The van der Waals surface area contributed by atoms with E-state index in [1.165, 1.54) is 11.3 Å². The standard InChI is InChI=1S/C19H18ClN3O2S/c1-13-18(19(24)22-9-7-14-4-2-5-15(20)10-14)26-17(23-13)12-25-16-6-3-8-21-11-16/h2-6,8,10-11H,7,9,12H2,1H3,(H,22,24). The van der Waals surface area contributed by atoms with Crippen LogP contribution >= 0.6 is 22.9 Å². The van der Waals surface area contributed by atoms with Gasteiger partial charge in [0.15, 0.2) is 0 Å². The fourth-order valence-electron chi connectivity index (χ4n) is 2.40. The molecule has 7 heteroatoms. The highest BCUT2D eigenvalue weighted by molar-refractivity contribution is 7.13. The number of halogens is 1. The summed E-state index contributed by atoms with van der Waals surface area (Å²) in [6, 6.07) is 11.3. The van der Waals surface area contributed by atoms with Crippen LogP contribution in [0, 0.1) is 6.92 Å². The van der Waals surface area contributed by atoms with Gasteiger partial charge >= 0.3 is 0 Å². The largest absolute Gasteiger partial charge is 0.485 e. The molecule has 3 rings (SSSR count). The second-order valence-electron chi connectivity index (χ2n) is 5.64. The third kappa shape index (κ3) is 5.03. The lowest BCUT2D eigenvalue weighted by Crippen LogP contribution is -2.25. The van der Waals surface area contributed by atoms with Crippen molar-refractivity contribution in [2.45, 2.75) is 20.0 Å². The zero-order valence-electron chi connectivity index (χ0n) is 14.2. The number of nitrogens with one attached hydrogen (secondary N) is 1. The number of benzene rings is 1. The van der Waals surface area contributed by atoms with Crippen LogP contribution in [0.15, 0.2) is 48.8 Å². The molecule has 0 saturated carbocycles. The summed E-state index contributed by atoms with van der Waals surface area (Å²) in [6.45, 7) is 2.68. The maximum absolute atomic E-state index is 12.4. The Morgan fingerprint density at radius 3 is 2.96 bits per heavy atom. The Morgan fingerprint density at radius 1 is 1.31 bits per heavy atom. The molecular weight excluding hydrogens is 370 g/mol. The molecule has 2 heterocycles. The first-order valence-electron chi connectivity index (χ1n) is 8.13. The molecule has 0 bridgehead atoms. The van der Waals surface area contributed by atoms with Gasteiger partial charge in [-0.15, -0.1) is 11.3 Å². The Morgan fingerprint density at radius 2 is 2.19 bits per heavy atom. The monoisotopic (exact) mass is 387 g/mol. The van der Waals surface area contributed by atoms with Crippen LogP contribution < -0.4 is 10.1 Å². The van der Waals surface area contributed by atoms with Gasteiger partial charge in [0.05, 0.1) is 11.9 Å². The number of rotatable bonds is 7. The summed E-state index contributed by atoms with van der Waals surface area (Å²) in [6.07, 6.45) is 4.05. The number of hydrogen-bond acceptors (Lipinski definition) is 5. The van der Waals surface area contributed by atoms with Gasteiger partial charge in [0.1, 0.15) is 22.2 Å². The van der Waals surface area contributed by atoms with Crippen LogP contribution in [0.5, 0.6) is 5.75 Å². The Balaban J connectivity index is 1.53. The number of amides is 1. The summed E-state index contributed by atoms with van der Waals surface area (Å²) < 4.78 is 5.63. The van der Waals surface area contributed by atoms with Crippen molar-refractivity contribution >= 4 is 28.8 Å². The van der Waals surface area contributed by atoms with E-state index in [2.05, 4.69) is 15.3 Å². The molecule has 3 aromatic rings. The van der Waals surface area contributed by atoms with Crippen LogP contribution in [-0.4, -0.2) is 22.4 Å². The fraction of sp³-hybridized carbons (Fsp3) is 0.211. The quantitative estimate of drug-likeness (QED) is 0.664. The molecule has 0 aliphatic heterocycles. The number of nitrogens with zero attached hydrogens (tertiary/aromatic N) is 2. The van der Waals surface area contributed by atoms with Gasteiger partial charge in [-0.2, -0.15) is 0 Å². The van der Waals surface area contributed by atoms with Gasteiger partial charge in [0, 0.05) is 17.8 Å². The minimum absolute atomic E-state index is 0.116. The molecule has 0 unspecified atom stereocenters. The number of carbonyl (C=O) groups excluding carboxylic acids is 1. The van der Waals surface area contributed by atoms with Gasteiger partial charge in [-0.3, -0.25) is 9.78 Å². The topological polar surface area (TPSA) is 64.1 Å². The molecule has 0 saturated heterocycles. The van der Waals surface area contributed by atoms with E-state index in [0.29, 0.717) is 34.5 Å². The van der Waals surface area contributed by atoms with Crippen molar-refractivity contribution < 1.29 is 9.53 Å². The lowest BCUT2D eigenvalue weighted by atomic mass is 10.1. The van der Waals surface area contributed by atoms with Gasteiger partial charge in [-0.1, -0.05) is 23.7 Å². The number of ether oxygens (including phenoxy) is 1. The smallest absolute Gasteiger partial charge is 0.263 e. The highest BCUT2D eigenvalue weighted by Crippen LogP contribution is 2.20. The summed E-state index contributed by atoms with van der Waals surface area (Å²) in [5.74, 6) is 0.558. The van der Waals surface area contributed by atoms with E-state index in [1.54, 1.807) is 18.5 Å². The fourth-order valence-corrected chi connectivity index (χ4v) is 3.50. The van der Waals surface area contributed by atoms with Crippen molar-refractivity contribution in [3.8, 4) is 5.75 Å². The lowest BCUT2D eigenvalue weighted by Gasteiger charge is -2.05. The van der Waals surface area contributed by atoms with E-state index in [9.17, 15) is 4.79 Å². The number of hydrogen-bond donors (Lipinski definition) is 1. The van der Waals surface area contributed by atoms with Crippen LogP contribution in [0.1, 0.15) is 25.9 Å². The first-order valence-corrected chi connectivity index (χ1v) is 9.33. The Kier molecular flexibility index (Phi) is 6.20. The molecule has 0 radical (unpaired) electrons. The van der Waals surface area contributed by atoms with Crippen LogP contribution in [0.4, 0.5) is 0 Å². The van der Waals surface area contributed by atoms with E-state index >= 15 is 0 Å². The van der Waals surface area contributed by atoms with Crippen LogP contribution in [0.25, 0.3) is 0 Å². The number of aryl methyl sites for hydroxylation is 1. The predicted molar refractivity (Wildman–Crippen MR) is 103 cm³/mol. The van der Waals surface area contributed by atoms with E-state index in [4.69, 9.17) is 16.3 Å². The second kappa shape index (κ2) is 8.78. The number of aromatic nitrogens is 2. The van der Waals surface area contributed by atoms with E-state index in [-0.39, 0.29) is 5.91 Å². The lowest BCUT2D eigenvalue weighted by molar-refractivity contribution is 0.0957. The van der Waals surface area contributed by atoms with Gasteiger partial charge in [-0.05, 0) is 43.2 Å². The summed E-state index contributed by atoms with van der Waals surface area (Å²) >= 11 is 7.32. The minimum atomic E-state index is -0.116. The zero-order valence-corrected chi connectivity index (χ0v) is 15.8. The number of carbonyl (C=O) groups is 1. The number of pyridine rings is 1. The third-order valence-corrected chi connectivity index (χ3v) is 5.00. The highest BCUT2D eigenvalue weighted by atomic mass is 35.5. The summed E-state index contributed by atoms with van der Waals surface area (Å²) in [4.78, 5) is 21.4. The van der Waals surface area contributed by atoms with Gasteiger partial charge in [0.2, 0.25) is 0 Å². The molecule has 26 heavy (non-hydrogen) atoms. The molecule has 0 spiro atoms. The molecule has 0 aliphatic rings. The maximum Gasteiger partial charge on any atom is 0.263 e. The van der Waals surface area contributed by atoms with Crippen molar-refractivity contribution in [3.05, 3.63) is 75.0 Å². The number of thiazole rings is 1. The Bertz CT molecular complexity index is 884. The summed E-state index contributed by atoms with van der Waals surface area (Å²) in [5.41, 5.74) is 1.80. The normalized spacial score (nSPS) is 10.5. The van der Waals surface area contributed by atoms with E-state index in [0.717, 1.165) is 17.0 Å². The van der Waals surface area contributed by atoms with Crippen LogP contribution in [0.2, 0.25) is 5.02 Å². The molecular formula is C19H18ClN3O2S. The van der Waals surface area contributed by atoms with Crippen molar-refractivity contribution in [3.63, 3.8) is 0 Å².